The summed E-state index contributed by atoms with van der Waals surface area (Å²) in [7, 11) is 0. The van der Waals surface area contributed by atoms with E-state index in [2.05, 4.69) is 10.3 Å². The summed E-state index contributed by atoms with van der Waals surface area (Å²) in [6.45, 7) is 2.62. The second-order valence-corrected chi connectivity index (χ2v) is 5.00. The average molecular weight is 270 g/mol. The van der Waals surface area contributed by atoms with Crippen LogP contribution in [0.4, 0.5) is 0 Å². The first kappa shape index (κ1) is 14.6. The highest BCUT2D eigenvalue weighted by Gasteiger charge is 2.11. The molecule has 0 aliphatic carbocycles. The molecule has 1 heterocycles. The van der Waals surface area contributed by atoms with Crippen LogP contribution in [0.5, 0.6) is 0 Å². The lowest BCUT2D eigenvalue weighted by atomic mass is 9.97. The number of nitrogens with one attached hydrogen (secondary N) is 1. The van der Waals surface area contributed by atoms with Gasteiger partial charge in [-0.25, -0.2) is 0 Å². The average Bonchev–Trinajstić information content (AvgIpc) is 2.86. The molecule has 6 heteroatoms. The molecule has 1 atom stereocenters. The SMILES string of the molecule is CCC(CCNC(=O)c1cncs1)CCC(=O)O. The molecular weight excluding hydrogens is 252 g/mol. The van der Waals surface area contributed by atoms with Gasteiger partial charge >= 0.3 is 5.97 Å². The van der Waals surface area contributed by atoms with Crippen molar-refractivity contribution in [2.24, 2.45) is 5.92 Å². The first-order chi connectivity index (χ1) is 8.63. The van der Waals surface area contributed by atoms with E-state index in [1.54, 1.807) is 11.7 Å². The fraction of sp³-hybridized carbons (Fsp3) is 0.583. The van der Waals surface area contributed by atoms with E-state index < -0.39 is 5.97 Å². The van der Waals surface area contributed by atoms with Crippen molar-refractivity contribution < 1.29 is 14.7 Å². The van der Waals surface area contributed by atoms with Crippen LogP contribution in [0, 0.1) is 5.92 Å². The molecule has 0 aliphatic rings. The van der Waals surface area contributed by atoms with E-state index in [-0.39, 0.29) is 12.3 Å². The Labute approximate surface area is 110 Å². The number of carboxylic acid groups (broad SMARTS) is 1. The number of hydrogen-bond acceptors (Lipinski definition) is 4. The van der Waals surface area contributed by atoms with E-state index >= 15 is 0 Å². The second-order valence-electron chi connectivity index (χ2n) is 4.12. The molecule has 0 bridgehead atoms. The highest BCUT2D eigenvalue weighted by Crippen LogP contribution is 2.14. The van der Waals surface area contributed by atoms with Gasteiger partial charge in [0, 0.05) is 13.0 Å². The molecular formula is C12H18N2O3S. The lowest BCUT2D eigenvalue weighted by Gasteiger charge is -2.13. The van der Waals surface area contributed by atoms with Gasteiger partial charge in [-0.2, -0.15) is 0 Å². The Morgan fingerprint density at radius 2 is 2.28 bits per heavy atom. The van der Waals surface area contributed by atoms with Gasteiger partial charge in [-0.3, -0.25) is 14.6 Å². The molecule has 18 heavy (non-hydrogen) atoms. The standard InChI is InChI=1S/C12H18N2O3S/c1-2-9(3-4-11(15)16)5-6-14-12(17)10-7-13-8-18-10/h7-9H,2-6H2,1H3,(H,14,17)(H,15,16). The van der Waals surface area contributed by atoms with Crippen LogP contribution in [0.1, 0.15) is 42.3 Å². The number of rotatable bonds is 8. The third-order valence-electron chi connectivity index (χ3n) is 2.84. The number of thiazole rings is 1. The normalized spacial score (nSPS) is 12.1. The maximum atomic E-state index is 11.6. The Morgan fingerprint density at radius 3 is 2.83 bits per heavy atom. The third-order valence-corrected chi connectivity index (χ3v) is 3.61. The smallest absolute Gasteiger partial charge is 0.303 e. The minimum Gasteiger partial charge on any atom is -0.481 e. The van der Waals surface area contributed by atoms with Gasteiger partial charge in [-0.15, -0.1) is 11.3 Å². The molecule has 1 amide bonds. The maximum absolute atomic E-state index is 11.6. The van der Waals surface area contributed by atoms with E-state index in [9.17, 15) is 9.59 Å². The number of nitrogens with zero attached hydrogens (tertiary/aromatic N) is 1. The third kappa shape index (κ3) is 5.27. The van der Waals surface area contributed by atoms with Crippen LogP contribution in [0.3, 0.4) is 0 Å². The maximum Gasteiger partial charge on any atom is 0.303 e. The molecule has 2 N–H and O–H groups in total. The molecule has 1 unspecified atom stereocenters. The van der Waals surface area contributed by atoms with Crippen molar-refractivity contribution >= 4 is 23.2 Å². The van der Waals surface area contributed by atoms with E-state index in [4.69, 9.17) is 5.11 Å². The van der Waals surface area contributed by atoms with Crippen LogP contribution in [0.2, 0.25) is 0 Å². The summed E-state index contributed by atoms with van der Waals surface area (Å²) in [5, 5.41) is 11.4. The first-order valence-electron chi connectivity index (χ1n) is 6.02. The summed E-state index contributed by atoms with van der Waals surface area (Å²) in [5.74, 6) is -0.518. The Morgan fingerprint density at radius 1 is 1.50 bits per heavy atom. The molecule has 0 aliphatic heterocycles. The second kappa shape index (κ2) is 7.81. The topological polar surface area (TPSA) is 79.3 Å². The van der Waals surface area contributed by atoms with Gasteiger partial charge in [0.2, 0.25) is 0 Å². The molecule has 0 saturated heterocycles. The van der Waals surface area contributed by atoms with Crippen LogP contribution in [0.25, 0.3) is 0 Å². The highest BCUT2D eigenvalue weighted by molar-refractivity contribution is 7.11. The van der Waals surface area contributed by atoms with Crippen LogP contribution in [-0.4, -0.2) is 28.5 Å². The van der Waals surface area contributed by atoms with Crippen molar-refractivity contribution in [2.75, 3.05) is 6.54 Å². The molecule has 5 nitrogen and oxygen atoms in total. The summed E-state index contributed by atoms with van der Waals surface area (Å²) in [4.78, 5) is 26.5. The molecule has 0 aromatic carbocycles. The van der Waals surface area contributed by atoms with Crippen molar-refractivity contribution in [1.29, 1.82) is 0 Å². The Bertz CT molecular complexity index is 379. The van der Waals surface area contributed by atoms with Gasteiger partial charge in [0.05, 0.1) is 11.7 Å². The van der Waals surface area contributed by atoms with Gasteiger partial charge < -0.3 is 10.4 Å². The monoisotopic (exact) mass is 270 g/mol. The number of aliphatic carboxylic acids is 1. The minimum absolute atomic E-state index is 0.106. The largest absolute Gasteiger partial charge is 0.481 e. The van der Waals surface area contributed by atoms with Crippen molar-refractivity contribution in [3.05, 3.63) is 16.6 Å². The molecule has 1 aromatic heterocycles. The zero-order chi connectivity index (χ0) is 13.4. The van der Waals surface area contributed by atoms with Crippen LogP contribution < -0.4 is 5.32 Å². The highest BCUT2D eigenvalue weighted by atomic mass is 32.1. The van der Waals surface area contributed by atoms with Gasteiger partial charge in [0.15, 0.2) is 0 Å². The summed E-state index contributed by atoms with van der Waals surface area (Å²) < 4.78 is 0. The van der Waals surface area contributed by atoms with Crippen LogP contribution in [-0.2, 0) is 4.79 Å². The van der Waals surface area contributed by atoms with Crippen molar-refractivity contribution in [3.63, 3.8) is 0 Å². The molecule has 0 fully saturated rings. The number of carbonyl (C=O) groups is 2. The molecule has 1 aromatic rings. The minimum atomic E-state index is -0.762. The predicted octanol–water partition coefficient (Wildman–Crippen LogP) is 2.15. The van der Waals surface area contributed by atoms with Crippen LogP contribution >= 0.6 is 11.3 Å². The predicted molar refractivity (Wildman–Crippen MR) is 69.7 cm³/mol. The number of carboxylic acids is 1. The summed E-state index contributed by atoms with van der Waals surface area (Å²) in [5.41, 5.74) is 1.62. The molecule has 0 saturated carbocycles. The molecule has 1 rings (SSSR count). The van der Waals surface area contributed by atoms with E-state index in [1.165, 1.54) is 11.3 Å². The van der Waals surface area contributed by atoms with Gasteiger partial charge in [0.1, 0.15) is 4.88 Å². The first-order valence-corrected chi connectivity index (χ1v) is 6.90. The fourth-order valence-corrected chi connectivity index (χ4v) is 2.22. The lowest BCUT2D eigenvalue weighted by Crippen LogP contribution is -2.25. The van der Waals surface area contributed by atoms with Crippen molar-refractivity contribution in [1.82, 2.24) is 10.3 Å². The van der Waals surface area contributed by atoms with Crippen LogP contribution in [0.15, 0.2) is 11.7 Å². The van der Waals surface area contributed by atoms with E-state index in [0.29, 0.717) is 23.8 Å². The Kier molecular flexibility index (Phi) is 6.35. The summed E-state index contributed by atoms with van der Waals surface area (Å²) >= 11 is 1.31. The van der Waals surface area contributed by atoms with Crippen molar-refractivity contribution in [2.45, 2.75) is 32.6 Å². The van der Waals surface area contributed by atoms with Gasteiger partial charge in [0.25, 0.3) is 5.91 Å². The zero-order valence-electron chi connectivity index (χ0n) is 10.4. The quantitative estimate of drug-likeness (QED) is 0.758. The number of amides is 1. The summed E-state index contributed by atoms with van der Waals surface area (Å²) in [6, 6.07) is 0. The van der Waals surface area contributed by atoms with E-state index in [1.807, 2.05) is 6.92 Å². The molecule has 0 radical (unpaired) electrons. The zero-order valence-corrected chi connectivity index (χ0v) is 11.2. The Balaban J connectivity index is 2.22. The number of carbonyl (C=O) groups excluding carboxylic acids is 1. The molecule has 100 valence electrons. The lowest BCUT2D eigenvalue weighted by molar-refractivity contribution is -0.137. The number of hydrogen-bond donors (Lipinski definition) is 2. The van der Waals surface area contributed by atoms with E-state index in [0.717, 1.165) is 12.8 Å². The van der Waals surface area contributed by atoms with Gasteiger partial charge in [-0.05, 0) is 18.8 Å². The fourth-order valence-electron chi connectivity index (χ4n) is 1.69. The number of aromatic nitrogens is 1. The van der Waals surface area contributed by atoms with Crippen molar-refractivity contribution in [3.8, 4) is 0 Å². The summed E-state index contributed by atoms with van der Waals surface area (Å²) in [6.07, 6.45) is 4.16. The molecule has 0 spiro atoms. The van der Waals surface area contributed by atoms with Gasteiger partial charge in [-0.1, -0.05) is 13.3 Å². The Hall–Kier alpha value is -1.43.